The molecule has 1 saturated carbocycles. The van der Waals surface area contributed by atoms with Crippen molar-refractivity contribution < 1.29 is 14.7 Å². The van der Waals surface area contributed by atoms with Crippen LogP contribution in [0.25, 0.3) is 10.8 Å². The molecule has 2 aliphatic rings. The third-order valence-electron chi connectivity index (χ3n) is 5.08. The molecule has 0 unspecified atom stereocenters. The summed E-state index contributed by atoms with van der Waals surface area (Å²) in [5.41, 5.74) is 0. The number of hydrogen-bond donors (Lipinski definition) is 1. The molecular weight excluding hydrogens is 340 g/mol. The van der Waals surface area contributed by atoms with Gasteiger partial charge in [0.1, 0.15) is 10.9 Å². The number of carboxylic acid groups (broad SMARTS) is 1. The maximum Gasteiger partial charge on any atom is 0.326 e. The van der Waals surface area contributed by atoms with E-state index in [2.05, 4.69) is 15.0 Å². The zero-order chi connectivity index (χ0) is 17.4. The van der Waals surface area contributed by atoms with E-state index in [-0.39, 0.29) is 11.9 Å². The van der Waals surface area contributed by atoms with Gasteiger partial charge >= 0.3 is 5.97 Å². The molecule has 1 saturated heterocycles. The van der Waals surface area contributed by atoms with Crippen molar-refractivity contribution in [1.29, 1.82) is 0 Å². The highest BCUT2D eigenvalue weighted by molar-refractivity contribution is 7.16. The van der Waals surface area contributed by atoms with Gasteiger partial charge in [0.25, 0.3) is 5.91 Å². The molecule has 7 nitrogen and oxygen atoms in total. The Kier molecular flexibility index (Phi) is 4.20. The number of hydrogen-bond acceptors (Lipinski definition) is 6. The van der Waals surface area contributed by atoms with Crippen LogP contribution in [0.3, 0.4) is 0 Å². The molecule has 3 atom stereocenters. The van der Waals surface area contributed by atoms with Gasteiger partial charge in [-0.25, -0.2) is 19.7 Å². The van der Waals surface area contributed by atoms with Crippen LogP contribution in [-0.2, 0) is 4.79 Å². The van der Waals surface area contributed by atoms with E-state index >= 15 is 0 Å². The van der Waals surface area contributed by atoms with Crippen LogP contribution in [0.4, 0.5) is 0 Å². The minimum absolute atomic E-state index is 0.0286. The van der Waals surface area contributed by atoms with Crippen LogP contribution >= 0.6 is 11.3 Å². The molecular formula is C17H18N4O3S. The summed E-state index contributed by atoms with van der Waals surface area (Å²) in [7, 11) is 0. The molecule has 0 aromatic carbocycles. The Morgan fingerprint density at radius 2 is 1.92 bits per heavy atom. The van der Waals surface area contributed by atoms with Crippen molar-refractivity contribution in [2.45, 2.75) is 44.2 Å². The van der Waals surface area contributed by atoms with E-state index in [0.717, 1.165) is 25.7 Å². The molecule has 1 amide bonds. The molecule has 8 heteroatoms. The Morgan fingerprint density at radius 3 is 2.68 bits per heavy atom. The van der Waals surface area contributed by atoms with Crippen LogP contribution in [0.15, 0.2) is 24.7 Å². The van der Waals surface area contributed by atoms with Gasteiger partial charge in [0.05, 0.1) is 6.20 Å². The van der Waals surface area contributed by atoms with Gasteiger partial charge in [0.15, 0.2) is 10.8 Å². The van der Waals surface area contributed by atoms with Crippen molar-refractivity contribution in [3.05, 3.63) is 29.5 Å². The normalized spacial score (nSPS) is 25.6. The average molecular weight is 358 g/mol. The fraction of sp³-hybridized carbons (Fsp3) is 0.471. The smallest absolute Gasteiger partial charge is 0.326 e. The molecule has 0 bridgehead atoms. The van der Waals surface area contributed by atoms with Gasteiger partial charge in [-0.1, -0.05) is 12.8 Å². The monoisotopic (exact) mass is 358 g/mol. The third kappa shape index (κ3) is 2.90. The number of aliphatic carboxylic acids is 1. The Balaban J connectivity index is 1.63. The molecule has 0 radical (unpaired) electrons. The second kappa shape index (κ2) is 6.51. The standard InChI is InChI=1S/C17H18N4O3S/c22-16(13-9-20-15(25-13)14-18-6-3-7-19-14)21-11-5-2-1-4-10(11)8-12(21)17(23)24/h3,6-7,9-12H,1-2,4-5,8H2,(H,23,24)/t10-,11-,12+/m1/s1. The second-order valence-electron chi connectivity index (χ2n) is 6.52. The fourth-order valence-electron chi connectivity index (χ4n) is 3.99. The van der Waals surface area contributed by atoms with Crippen molar-refractivity contribution in [3.63, 3.8) is 0 Å². The van der Waals surface area contributed by atoms with Crippen LogP contribution in [-0.4, -0.2) is 48.9 Å². The first-order chi connectivity index (χ1) is 12.1. The Labute approximate surface area is 148 Å². The van der Waals surface area contributed by atoms with Crippen molar-refractivity contribution >= 4 is 23.2 Å². The molecule has 25 heavy (non-hydrogen) atoms. The summed E-state index contributed by atoms with van der Waals surface area (Å²) in [4.78, 5) is 39.3. The van der Waals surface area contributed by atoms with Crippen LogP contribution < -0.4 is 0 Å². The number of carbonyl (C=O) groups is 2. The molecule has 2 aromatic rings. The summed E-state index contributed by atoms with van der Waals surface area (Å²) in [5, 5.41) is 10.1. The number of amides is 1. The van der Waals surface area contributed by atoms with E-state index in [1.54, 1.807) is 23.4 Å². The first-order valence-electron chi connectivity index (χ1n) is 8.44. The largest absolute Gasteiger partial charge is 0.480 e. The number of carbonyl (C=O) groups excluding carboxylic acids is 1. The van der Waals surface area contributed by atoms with Gasteiger partial charge in [-0.15, -0.1) is 11.3 Å². The molecule has 130 valence electrons. The zero-order valence-corrected chi connectivity index (χ0v) is 14.4. The number of carboxylic acids is 1. The van der Waals surface area contributed by atoms with Crippen molar-refractivity contribution in [2.24, 2.45) is 5.92 Å². The first-order valence-corrected chi connectivity index (χ1v) is 9.25. The first kappa shape index (κ1) is 16.1. The predicted octanol–water partition coefficient (Wildman–Crippen LogP) is 2.46. The summed E-state index contributed by atoms with van der Waals surface area (Å²) in [6.07, 6.45) is 9.36. The lowest BCUT2D eigenvalue weighted by Crippen LogP contribution is -2.46. The minimum Gasteiger partial charge on any atom is -0.480 e. The maximum atomic E-state index is 13.1. The quantitative estimate of drug-likeness (QED) is 0.905. The van der Waals surface area contributed by atoms with E-state index in [9.17, 15) is 14.7 Å². The van der Waals surface area contributed by atoms with Crippen LogP contribution in [0, 0.1) is 5.92 Å². The molecule has 0 spiro atoms. The van der Waals surface area contributed by atoms with Crippen LogP contribution in [0.1, 0.15) is 41.8 Å². The molecule has 3 heterocycles. The Hall–Kier alpha value is -2.35. The van der Waals surface area contributed by atoms with Gasteiger partial charge in [0, 0.05) is 18.4 Å². The summed E-state index contributed by atoms with van der Waals surface area (Å²) in [6.45, 7) is 0. The minimum atomic E-state index is -0.918. The van der Waals surface area contributed by atoms with Gasteiger partial charge in [-0.05, 0) is 31.2 Å². The lowest BCUT2D eigenvalue weighted by atomic mass is 9.85. The van der Waals surface area contributed by atoms with Gasteiger partial charge in [-0.3, -0.25) is 4.79 Å². The SMILES string of the molecule is O=C(O)[C@@H]1C[C@H]2CCCC[C@H]2N1C(=O)c1cnc(-c2ncccn2)s1. The highest BCUT2D eigenvalue weighted by Crippen LogP contribution is 2.41. The van der Waals surface area contributed by atoms with Crippen molar-refractivity contribution in [1.82, 2.24) is 19.9 Å². The van der Waals surface area contributed by atoms with E-state index in [4.69, 9.17) is 0 Å². The number of likely N-dealkylation sites (tertiary alicyclic amines) is 1. The van der Waals surface area contributed by atoms with E-state index in [1.807, 2.05) is 0 Å². The van der Waals surface area contributed by atoms with Crippen LogP contribution in [0.2, 0.25) is 0 Å². The van der Waals surface area contributed by atoms with E-state index in [0.29, 0.717) is 28.0 Å². The predicted molar refractivity (Wildman–Crippen MR) is 91.1 cm³/mol. The number of nitrogens with zero attached hydrogens (tertiary/aromatic N) is 4. The fourth-order valence-corrected chi connectivity index (χ4v) is 4.79. The summed E-state index contributed by atoms with van der Waals surface area (Å²) in [6, 6.07) is 1.01. The van der Waals surface area contributed by atoms with Crippen molar-refractivity contribution in [2.75, 3.05) is 0 Å². The lowest BCUT2D eigenvalue weighted by Gasteiger charge is -2.32. The molecule has 1 aliphatic heterocycles. The maximum absolute atomic E-state index is 13.1. The summed E-state index contributed by atoms with van der Waals surface area (Å²) < 4.78 is 0. The number of thiazole rings is 1. The van der Waals surface area contributed by atoms with Gasteiger partial charge < -0.3 is 10.0 Å². The zero-order valence-electron chi connectivity index (χ0n) is 13.5. The Bertz CT molecular complexity index is 794. The summed E-state index contributed by atoms with van der Waals surface area (Å²) in [5.74, 6) is -0.387. The van der Waals surface area contributed by atoms with E-state index < -0.39 is 12.0 Å². The van der Waals surface area contributed by atoms with Gasteiger partial charge in [0.2, 0.25) is 0 Å². The number of aromatic nitrogens is 3. The van der Waals surface area contributed by atoms with Gasteiger partial charge in [-0.2, -0.15) is 0 Å². The number of rotatable bonds is 3. The van der Waals surface area contributed by atoms with Crippen LogP contribution in [0.5, 0.6) is 0 Å². The summed E-state index contributed by atoms with van der Waals surface area (Å²) >= 11 is 1.21. The average Bonchev–Trinajstić information content (AvgIpc) is 3.27. The van der Waals surface area contributed by atoms with E-state index in [1.165, 1.54) is 17.5 Å². The Morgan fingerprint density at radius 1 is 1.16 bits per heavy atom. The highest BCUT2D eigenvalue weighted by Gasteiger charge is 2.48. The molecule has 4 rings (SSSR count). The van der Waals surface area contributed by atoms with Crippen molar-refractivity contribution in [3.8, 4) is 10.8 Å². The molecule has 2 fully saturated rings. The third-order valence-corrected chi connectivity index (χ3v) is 6.06. The molecule has 2 aromatic heterocycles. The highest BCUT2D eigenvalue weighted by atomic mass is 32.1. The topological polar surface area (TPSA) is 96.3 Å². The molecule has 1 aliphatic carbocycles. The number of fused-ring (bicyclic) bond motifs is 1. The lowest BCUT2D eigenvalue weighted by molar-refractivity contribution is -0.141. The second-order valence-corrected chi connectivity index (χ2v) is 7.55. The molecule has 1 N–H and O–H groups in total.